The van der Waals surface area contributed by atoms with E-state index in [-0.39, 0.29) is 5.88 Å². The quantitative estimate of drug-likeness (QED) is 0.794. The first-order chi connectivity index (χ1) is 10.2. The van der Waals surface area contributed by atoms with Crippen LogP contribution in [0.5, 0.6) is 5.75 Å². The molecular weight excluding hydrogens is 268 g/mol. The number of hydrogen-bond acceptors (Lipinski definition) is 6. The lowest BCUT2D eigenvalue weighted by atomic mass is 10.0. The Hall–Kier alpha value is -2.89. The van der Waals surface area contributed by atoms with Crippen LogP contribution in [0.3, 0.4) is 0 Å². The molecule has 3 aromatic rings. The fraction of sp³-hybridized carbons (Fsp3) is 0.133. The van der Waals surface area contributed by atoms with E-state index in [2.05, 4.69) is 15.4 Å². The minimum Gasteiger partial charge on any atom is -0.496 e. The molecule has 0 saturated heterocycles. The summed E-state index contributed by atoms with van der Waals surface area (Å²) in [4.78, 5) is 0. The van der Waals surface area contributed by atoms with Crippen LogP contribution < -0.4 is 10.5 Å². The van der Waals surface area contributed by atoms with Gasteiger partial charge in [-0.1, -0.05) is 17.3 Å². The van der Waals surface area contributed by atoms with Crippen molar-refractivity contribution in [3.05, 3.63) is 42.2 Å². The Labute approximate surface area is 121 Å². The fourth-order valence-electron chi connectivity index (χ4n) is 2.19. The summed E-state index contributed by atoms with van der Waals surface area (Å²) in [6, 6.07) is 7.64. The first-order valence-corrected chi connectivity index (χ1v) is 6.38. The Morgan fingerprint density at radius 2 is 2.00 bits per heavy atom. The van der Waals surface area contributed by atoms with Crippen molar-refractivity contribution in [3.63, 3.8) is 0 Å². The maximum Gasteiger partial charge on any atom is 0.230 e. The van der Waals surface area contributed by atoms with Gasteiger partial charge in [-0.05, 0) is 30.2 Å². The zero-order valence-electron chi connectivity index (χ0n) is 11.7. The van der Waals surface area contributed by atoms with Crippen molar-refractivity contribution in [1.82, 2.24) is 15.4 Å². The molecule has 0 saturated carbocycles. The van der Waals surface area contributed by atoms with Crippen LogP contribution in [0.1, 0.15) is 5.56 Å². The van der Waals surface area contributed by atoms with Gasteiger partial charge >= 0.3 is 0 Å². The number of hydrogen-bond donors (Lipinski definition) is 1. The molecule has 0 amide bonds. The van der Waals surface area contributed by atoms with Crippen LogP contribution in [0.25, 0.3) is 22.4 Å². The lowest BCUT2D eigenvalue weighted by molar-refractivity contribution is 0.412. The van der Waals surface area contributed by atoms with Crippen molar-refractivity contribution in [2.75, 3.05) is 12.8 Å². The molecule has 2 aromatic heterocycles. The van der Waals surface area contributed by atoms with Gasteiger partial charge in [-0.2, -0.15) is 10.2 Å². The average molecular weight is 282 g/mol. The minimum atomic E-state index is 0.257. The van der Waals surface area contributed by atoms with Crippen molar-refractivity contribution in [1.29, 1.82) is 0 Å². The minimum absolute atomic E-state index is 0.257. The van der Waals surface area contributed by atoms with E-state index in [1.165, 1.54) is 0 Å². The highest BCUT2D eigenvalue weighted by Gasteiger charge is 2.18. The normalized spacial score (nSPS) is 10.6. The van der Waals surface area contributed by atoms with Crippen LogP contribution in [0.2, 0.25) is 0 Å². The number of anilines is 1. The second kappa shape index (κ2) is 5.24. The van der Waals surface area contributed by atoms with Gasteiger partial charge in [0.25, 0.3) is 0 Å². The summed E-state index contributed by atoms with van der Waals surface area (Å²) in [6.07, 6.45) is 3.21. The van der Waals surface area contributed by atoms with Gasteiger partial charge in [0.2, 0.25) is 5.88 Å². The number of aryl methyl sites for hydroxylation is 1. The Balaban J connectivity index is 2.17. The van der Waals surface area contributed by atoms with Crippen molar-refractivity contribution in [2.45, 2.75) is 6.92 Å². The van der Waals surface area contributed by atoms with Crippen molar-refractivity contribution >= 4 is 5.88 Å². The molecule has 0 unspecified atom stereocenters. The van der Waals surface area contributed by atoms with E-state index in [4.69, 9.17) is 15.0 Å². The molecule has 2 heterocycles. The van der Waals surface area contributed by atoms with Crippen LogP contribution in [-0.2, 0) is 0 Å². The summed E-state index contributed by atoms with van der Waals surface area (Å²) in [6.45, 7) is 1.98. The molecule has 0 bridgehead atoms. The largest absolute Gasteiger partial charge is 0.496 e. The number of benzene rings is 1. The number of nitrogens with zero attached hydrogens (tertiary/aromatic N) is 3. The Morgan fingerprint density at radius 3 is 2.71 bits per heavy atom. The van der Waals surface area contributed by atoms with E-state index < -0.39 is 0 Å². The standard InChI is InChI=1S/C15H14N4O2/c1-9-3-4-10(7-12(9)20-2)13-14(19-21-15(13)16)11-5-6-17-18-8-11/h3-8H,16H2,1-2H3. The summed E-state index contributed by atoms with van der Waals surface area (Å²) >= 11 is 0. The third-order valence-electron chi connectivity index (χ3n) is 3.27. The molecule has 21 heavy (non-hydrogen) atoms. The number of aromatic nitrogens is 3. The molecule has 0 aliphatic rings. The fourth-order valence-corrected chi connectivity index (χ4v) is 2.19. The summed E-state index contributed by atoms with van der Waals surface area (Å²) in [5, 5.41) is 11.6. The first-order valence-electron chi connectivity index (χ1n) is 6.38. The molecule has 106 valence electrons. The molecule has 0 atom stereocenters. The molecule has 3 rings (SSSR count). The molecule has 0 fully saturated rings. The van der Waals surface area contributed by atoms with Crippen molar-refractivity contribution < 1.29 is 9.26 Å². The van der Waals surface area contributed by atoms with Gasteiger partial charge in [-0.25, -0.2) is 0 Å². The van der Waals surface area contributed by atoms with Gasteiger partial charge in [0, 0.05) is 5.56 Å². The topological polar surface area (TPSA) is 87.1 Å². The SMILES string of the molecule is COc1cc(-c2c(-c3ccnnc3)noc2N)ccc1C. The molecule has 2 N–H and O–H groups in total. The molecule has 6 heteroatoms. The molecule has 0 aliphatic heterocycles. The third-order valence-corrected chi connectivity index (χ3v) is 3.27. The number of ether oxygens (including phenoxy) is 1. The maximum atomic E-state index is 5.93. The van der Waals surface area contributed by atoms with E-state index in [0.717, 1.165) is 28.0 Å². The first kappa shape index (κ1) is 13.1. The lowest BCUT2D eigenvalue weighted by Crippen LogP contribution is -1.91. The van der Waals surface area contributed by atoms with E-state index >= 15 is 0 Å². The number of methoxy groups -OCH3 is 1. The highest BCUT2D eigenvalue weighted by atomic mass is 16.5. The van der Waals surface area contributed by atoms with Gasteiger partial charge < -0.3 is 15.0 Å². The zero-order chi connectivity index (χ0) is 14.8. The molecule has 0 spiro atoms. The smallest absolute Gasteiger partial charge is 0.230 e. The van der Waals surface area contributed by atoms with Crippen LogP contribution in [0, 0.1) is 6.92 Å². The molecule has 6 nitrogen and oxygen atoms in total. The van der Waals surface area contributed by atoms with Crippen LogP contribution in [-0.4, -0.2) is 22.5 Å². The second-order valence-corrected chi connectivity index (χ2v) is 4.59. The zero-order valence-corrected chi connectivity index (χ0v) is 11.7. The highest BCUT2D eigenvalue weighted by molar-refractivity contribution is 5.87. The molecular formula is C15H14N4O2. The predicted octanol–water partition coefficient (Wildman–Crippen LogP) is 2.70. The summed E-state index contributed by atoms with van der Waals surface area (Å²) in [5.41, 5.74) is 10.0. The Kier molecular flexibility index (Phi) is 3.27. The Morgan fingerprint density at radius 1 is 1.14 bits per heavy atom. The average Bonchev–Trinajstić information content (AvgIpc) is 2.90. The maximum absolute atomic E-state index is 5.93. The van der Waals surface area contributed by atoms with Crippen LogP contribution in [0.4, 0.5) is 5.88 Å². The van der Waals surface area contributed by atoms with Crippen molar-refractivity contribution in [2.24, 2.45) is 0 Å². The van der Waals surface area contributed by atoms with E-state index in [1.807, 2.05) is 25.1 Å². The monoisotopic (exact) mass is 282 g/mol. The van der Waals surface area contributed by atoms with Gasteiger partial charge in [0.15, 0.2) is 0 Å². The van der Waals surface area contributed by atoms with Gasteiger partial charge in [-0.15, -0.1) is 0 Å². The predicted molar refractivity (Wildman–Crippen MR) is 78.7 cm³/mol. The second-order valence-electron chi connectivity index (χ2n) is 4.59. The van der Waals surface area contributed by atoms with Gasteiger partial charge in [-0.3, -0.25) is 0 Å². The lowest BCUT2D eigenvalue weighted by Gasteiger charge is -2.08. The van der Waals surface area contributed by atoms with Crippen LogP contribution in [0.15, 0.2) is 41.2 Å². The van der Waals surface area contributed by atoms with Gasteiger partial charge in [0.05, 0.1) is 25.1 Å². The number of nitrogens with two attached hydrogens (primary N) is 1. The highest BCUT2D eigenvalue weighted by Crippen LogP contribution is 2.37. The summed E-state index contributed by atoms with van der Waals surface area (Å²) in [7, 11) is 1.64. The third kappa shape index (κ3) is 2.31. The van der Waals surface area contributed by atoms with E-state index in [9.17, 15) is 0 Å². The molecule has 1 aromatic carbocycles. The summed E-state index contributed by atoms with van der Waals surface area (Å²) in [5.74, 6) is 1.04. The Bertz CT molecular complexity index is 769. The van der Waals surface area contributed by atoms with E-state index in [0.29, 0.717) is 5.69 Å². The number of rotatable bonds is 3. The summed E-state index contributed by atoms with van der Waals surface area (Å²) < 4.78 is 10.5. The molecule has 0 aliphatic carbocycles. The molecule has 0 radical (unpaired) electrons. The van der Waals surface area contributed by atoms with Gasteiger partial charge in [0.1, 0.15) is 11.4 Å². The van der Waals surface area contributed by atoms with Crippen LogP contribution >= 0.6 is 0 Å². The van der Waals surface area contributed by atoms with E-state index in [1.54, 1.807) is 25.6 Å². The van der Waals surface area contributed by atoms with Crippen molar-refractivity contribution in [3.8, 4) is 28.1 Å². The number of nitrogen functional groups attached to an aromatic ring is 1.